The SMILES string of the molecule is Cc1c(COC(=O)C2C(C=C(Cl)C(F)(F)F)C2(C)C)cccc1-c1ccc(Cl)cc1. The summed E-state index contributed by atoms with van der Waals surface area (Å²) in [6.07, 6.45) is -3.70. The molecule has 2 atom stereocenters. The molecule has 2 aromatic carbocycles. The fraction of sp³-hybridized carbons (Fsp3) is 0.348. The molecule has 0 N–H and O–H groups in total. The van der Waals surface area contributed by atoms with Gasteiger partial charge in [0.15, 0.2) is 0 Å². The van der Waals surface area contributed by atoms with Gasteiger partial charge in [-0.2, -0.15) is 13.2 Å². The van der Waals surface area contributed by atoms with Crippen molar-refractivity contribution in [3.05, 3.63) is 69.7 Å². The van der Waals surface area contributed by atoms with Crippen molar-refractivity contribution in [2.45, 2.75) is 33.6 Å². The van der Waals surface area contributed by atoms with Crippen LogP contribution in [0, 0.1) is 24.2 Å². The van der Waals surface area contributed by atoms with Gasteiger partial charge in [0.2, 0.25) is 0 Å². The zero-order valence-electron chi connectivity index (χ0n) is 16.7. The monoisotopic (exact) mass is 456 g/mol. The molecule has 0 amide bonds. The molecule has 0 heterocycles. The van der Waals surface area contributed by atoms with Gasteiger partial charge in [-0.1, -0.05) is 73.5 Å². The van der Waals surface area contributed by atoms with Crippen LogP contribution in [0.25, 0.3) is 11.1 Å². The molecule has 1 aliphatic carbocycles. The van der Waals surface area contributed by atoms with Crippen molar-refractivity contribution in [1.29, 1.82) is 0 Å². The minimum Gasteiger partial charge on any atom is -0.461 e. The molecule has 3 rings (SSSR count). The normalized spacial score (nSPS) is 20.7. The minimum atomic E-state index is -4.62. The van der Waals surface area contributed by atoms with Crippen molar-refractivity contribution in [3.8, 4) is 11.1 Å². The van der Waals surface area contributed by atoms with Gasteiger partial charge in [0.1, 0.15) is 11.6 Å². The Balaban J connectivity index is 1.71. The second-order valence-electron chi connectivity index (χ2n) is 8.04. The lowest BCUT2D eigenvalue weighted by Gasteiger charge is -2.13. The van der Waals surface area contributed by atoms with Crippen molar-refractivity contribution in [2.75, 3.05) is 0 Å². The van der Waals surface area contributed by atoms with Crippen molar-refractivity contribution in [2.24, 2.45) is 17.3 Å². The van der Waals surface area contributed by atoms with Crippen molar-refractivity contribution in [3.63, 3.8) is 0 Å². The van der Waals surface area contributed by atoms with Gasteiger partial charge in [0, 0.05) is 5.02 Å². The van der Waals surface area contributed by atoms with Crippen LogP contribution in [0.15, 0.2) is 53.6 Å². The maximum absolute atomic E-state index is 12.7. The third-order valence-corrected chi connectivity index (χ3v) is 6.32. The van der Waals surface area contributed by atoms with Crippen LogP contribution in [0.1, 0.15) is 25.0 Å². The van der Waals surface area contributed by atoms with E-state index in [0.717, 1.165) is 28.3 Å². The summed E-state index contributed by atoms with van der Waals surface area (Å²) in [7, 11) is 0. The molecule has 1 aliphatic rings. The molecule has 1 saturated carbocycles. The molecule has 2 nitrogen and oxygen atoms in total. The highest BCUT2D eigenvalue weighted by Gasteiger charge is 2.62. The van der Waals surface area contributed by atoms with Crippen LogP contribution in [-0.2, 0) is 16.1 Å². The number of carbonyl (C=O) groups is 1. The summed E-state index contributed by atoms with van der Waals surface area (Å²) in [5.74, 6) is -1.79. The number of alkyl halides is 3. The smallest absolute Gasteiger partial charge is 0.426 e. The quantitative estimate of drug-likeness (QED) is 0.440. The van der Waals surface area contributed by atoms with E-state index in [-0.39, 0.29) is 6.61 Å². The van der Waals surface area contributed by atoms with E-state index in [1.807, 2.05) is 37.3 Å². The molecule has 1 fully saturated rings. The molecule has 7 heteroatoms. The molecular formula is C23H21Cl2F3O2. The molecular weight excluding hydrogens is 436 g/mol. The first-order valence-corrected chi connectivity index (χ1v) is 10.1. The topological polar surface area (TPSA) is 26.3 Å². The molecule has 0 aliphatic heterocycles. The van der Waals surface area contributed by atoms with Gasteiger partial charge >= 0.3 is 12.1 Å². The number of ether oxygens (including phenoxy) is 1. The summed E-state index contributed by atoms with van der Waals surface area (Å²) in [5, 5.41) is -0.565. The van der Waals surface area contributed by atoms with Gasteiger partial charge in [0.25, 0.3) is 0 Å². The van der Waals surface area contributed by atoms with E-state index in [1.165, 1.54) is 0 Å². The number of esters is 1. The predicted octanol–water partition coefficient (Wildman–Crippen LogP) is 7.32. The minimum absolute atomic E-state index is 0.0438. The molecule has 0 aromatic heterocycles. The Labute approximate surface area is 183 Å². The number of rotatable bonds is 5. The first-order chi connectivity index (χ1) is 13.9. The summed E-state index contributed by atoms with van der Waals surface area (Å²) in [5.41, 5.74) is 3.13. The second kappa shape index (κ2) is 8.27. The maximum Gasteiger partial charge on any atom is 0.426 e. The third-order valence-electron chi connectivity index (χ3n) is 5.73. The molecule has 0 saturated heterocycles. The van der Waals surface area contributed by atoms with E-state index in [0.29, 0.717) is 5.02 Å². The highest BCUT2D eigenvalue weighted by atomic mass is 35.5. The maximum atomic E-state index is 12.7. The Bertz CT molecular complexity index is 979. The predicted molar refractivity (Wildman–Crippen MR) is 112 cm³/mol. The van der Waals surface area contributed by atoms with E-state index in [9.17, 15) is 18.0 Å². The molecule has 160 valence electrons. The van der Waals surface area contributed by atoms with Gasteiger partial charge in [-0.05, 0) is 52.6 Å². The lowest BCUT2D eigenvalue weighted by Crippen LogP contribution is -2.11. The van der Waals surface area contributed by atoms with Crippen LogP contribution in [0.3, 0.4) is 0 Å². The van der Waals surface area contributed by atoms with Gasteiger partial charge in [-0.3, -0.25) is 4.79 Å². The summed E-state index contributed by atoms with van der Waals surface area (Å²) >= 11 is 11.3. The average molecular weight is 457 g/mol. The van der Waals surface area contributed by atoms with E-state index >= 15 is 0 Å². The van der Waals surface area contributed by atoms with Crippen LogP contribution in [0.2, 0.25) is 5.02 Å². The first kappa shape index (κ1) is 22.7. The number of hydrogen-bond donors (Lipinski definition) is 0. The zero-order valence-corrected chi connectivity index (χ0v) is 18.2. The third kappa shape index (κ3) is 4.68. The largest absolute Gasteiger partial charge is 0.461 e. The summed E-state index contributed by atoms with van der Waals surface area (Å²) in [6, 6.07) is 13.1. The van der Waals surface area contributed by atoms with Crippen molar-refractivity contribution < 1.29 is 22.7 Å². The molecule has 0 bridgehead atoms. The molecule has 0 radical (unpaired) electrons. The number of hydrogen-bond acceptors (Lipinski definition) is 2. The molecule has 0 spiro atoms. The first-order valence-electron chi connectivity index (χ1n) is 9.38. The highest BCUT2D eigenvalue weighted by molar-refractivity contribution is 6.30. The van der Waals surface area contributed by atoms with Gasteiger partial charge in [-0.15, -0.1) is 0 Å². The standard InChI is InChI=1S/C23H21Cl2F3O2/c1-13-15(5-4-6-17(13)14-7-9-16(24)10-8-14)12-30-21(29)20-18(22(20,2)3)11-19(25)23(26,27)28/h4-11,18,20H,12H2,1-3H3. The van der Waals surface area contributed by atoms with Crippen molar-refractivity contribution in [1.82, 2.24) is 0 Å². The van der Waals surface area contributed by atoms with E-state index in [4.69, 9.17) is 27.9 Å². The van der Waals surface area contributed by atoms with E-state index in [2.05, 4.69) is 0 Å². The number of halogens is 5. The summed E-state index contributed by atoms with van der Waals surface area (Å²) < 4.78 is 43.6. The Kier molecular flexibility index (Phi) is 6.26. The van der Waals surface area contributed by atoms with Crippen LogP contribution < -0.4 is 0 Å². The summed E-state index contributed by atoms with van der Waals surface area (Å²) in [4.78, 5) is 12.5. The fourth-order valence-electron chi connectivity index (χ4n) is 3.71. The zero-order chi connectivity index (χ0) is 22.3. The van der Waals surface area contributed by atoms with Crippen LogP contribution in [0.4, 0.5) is 13.2 Å². The van der Waals surface area contributed by atoms with Crippen LogP contribution in [-0.4, -0.2) is 12.1 Å². The Morgan fingerprint density at radius 1 is 1.17 bits per heavy atom. The van der Waals surface area contributed by atoms with Gasteiger partial charge < -0.3 is 4.74 Å². The van der Waals surface area contributed by atoms with Crippen LogP contribution in [0.5, 0.6) is 0 Å². The average Bonchev–Trinajstić information content (AvgIpc) is 3.20. The Morgan fingerprint density at radius 3 is 2.40 bits per heavy atom. The van der Waals surface area contributed by atoms with Gasteiger partial charge in [0.05, 0.1) is 5.92 Å². The second-order valence-corrected chi connectivity index (χ2v) is 8.89. The Hall–Kier alpha value is -1.98. The molecule has 2 unspecified atom stereocenters. The fourth-order valence-corrected chi connectivity index (χ4v) is 3.97. The van der Waals surface area contributed by atoms with Gasteiger partial charge in [-0.25, -0.2) is 0 Å². The van der Waals surface area contributed by atoms with E-state index in [1.54, 1.807) is 26.0 Å². The highest BCUT2D eigenvalue weighted by Crippen LogP contribution is 2.60. The summed E-state index contributed by atoms with van der Waals surface area (Å²) in [6.45, 7) is 5.44. The number of allylic oxidation sites excluding steroid dienone is 2. The lowest BCUT2D eigenvalue weighted by atomic mass is 9.97. The lowest BCUT2D eigenvalue weighted by molar-refractivity contribution is -0.147. The Morgan fingerprint density at radius 2 is 1.80 bits per heavy atom. The number of benzene rings is 2. The van der Waals surface area contributed by atoms with E-state index < -0.39 is 34.4 Å². The van der Waals surface area contributed by atoms with Crippen LogP contribution >= 0.6 is 23.2 Å². The number of carbonyl (C=O) groups excluding carboxylic acids is 1. The molecule has 2 aromatic rings. The molecule has 30 heavy (non-hydrogen) atoms. The van der Waals surface area contributed by atoms with Crippen molar-refractivity contribution >= 4 is 29.2 Å².